The second kappa shape index (κ2) is 3.37. The summed E-state index contributed by atoms with van der Waals surface area (Å²) in [6.07, 6.45) is 0.644. The lowest BCUT2D eigenvalue weighted by atomic mass is 9.99. The van der Waals surface area contributed by atoms with Crippen LogP contribution in [0.2, 0.25) is 0 Å². The Labute approximate surface area is 64.9 Å². The van der Waals surface area contributed by atoms with Gasteiger partial charge in [0.2, 0.25) is 5.91 Å². The second-order valence-corrected chi connectivity index (χ2v) is 2.57. The Morgan fingerprint density at radius 3 is 2.91 bits per heavy atom. The minimum Gasteiger partial charge on any atom is -0.466 e. The number of rotatable bonds is 3. The topological polar surface area (TPSA) is 55.4 Å². The van der Waals surface area contributed by atoms with E-state index in [2.05, 4.69) is 10.1 Å². The van der Waals surface area contributed by atoms with Crippen molar-refractivity contribution in [2.24, 2.45) is 5.92 Å². The molecule has 0 aromatic heterocycles. The lowest BCUT2D eigenvalue weighted by molar-refractivity contribution is -0.143. The van der Waals surface area contributed by atoms with Gasteiger partial charge in [0.15, 0.2) is 0 Å². The lowest BCUT2D eigenvalue weighted by Gasteiger charge is -2.25. The van der Waals surface area contributed by atoms with Crippen LogP contribution in [0.3, 0.4) is 0 Å². The third-order valence-corrected chi connectivity index (χ3v) is 1.67. The Hall–Kier alpha value is -1.06. The maximum absolute atomic E-state index is 10.7. The van der Waals surface area contributed by atoms with E-state index in [9.17, 15) is 9.59 Å². The van der Waals surface area contributed by atoms with E-state index < -0.39 is 0 Å². The van der Waals surface area contributed by atoms with E-state index in [1.165, 1.54) is 6.92 Å². The Morgan fingerprint density at radius 2 is 2.55 bits per heavy atom. The maximum Gasteiger partial charge on any atom is 0.302 e. The monoisotopic (exact) mass is 157 g/mol. The van der Waals surface area contributed by atoms with Gasteiger partial charge in [-0.1, -0.05) is 0 Å². The van der Waals surface area contributed by atoms with Gasteiger partial charge in [-0.2, -0.15) is 0 Å². The van der Waals surface area contributed by atoms with Gasteiger partial charge < -0.3 is 10.1 Å². The van der Waals surface area contributed by atoms with Crippen LogP contribution in [0, 0.1) is 5.92 Å². The van der Waals surface area contributed by atoms with E-state index in [0.717, 1.165) is 6.54 Å². The molecule has 62 valence electrons. The van der Waals surface area contributed by atoms with Crippen molar-refractivity contribution in [1.82, 2.24) is 5.32 Å². The summed E-state index contributed by atoms with van der Waals surface area (Å²) in [5, 5.41) is 2.62. The molecule has 1 N–H and O–H groups in total. The fraction of sp³-hybridized carbons (Fsp3) is 0.714. The first-order valence-electron chi connectivity index (χ1n) is 3.61. The standard InChI is InChI=1S/C7H11NO3/c1-5(9)11-3-2-6-4-8-7(6)10/h6H,2-4H2,1H3,(H,8,10). The maximum atomic E-state index is 10.7. The zero-order valence-electron chi connectivity index (χ0n) is 6.42. The Balaban J connectivity index is 2.03. The SMILES string of the molecule is CC(=O)OCCC1CNC1=O. The molecule has 1 heterocycles. The lowest BCUT2D eigenvalue weighted by Crippen LogP contribution is -2.48. The van der Waals surface area contributed by atoms with Gasteiger partial charge in [0.1, 0.15) is 0 Å². The van der Waals surface area contributed by atoms with Crippen molar-refractivity contribution >= 4 is 11.9 Å². The van der Waals surface area contributed by atoms with Gasteiger partial charge in [-0.3, -0.25) is 9.59 Å². The molecule has 1 rings (SSSR count). The van der Waals surface area contributed by atoms with Gasteiger partial charge in [-0.05, 0) is 6.42 Å². The van der Waals surface area contributed by atoms with Crippen LogP contribution < -0.4 is 5.32 Å². The average Bonchev–Trinajstić information content (AvgIpc) is 1.94. The highest BCUT2D eigenvalue weighted by Crippen LogP contribution is 2.09. The number of hydrogen-bond donors (Lipinski definition) is 1. The van der Waals surface area contributed by atoms with E-state index in [-0.39, 0.29) is 17.8 Å². The van der Waals surface area contributed by atoms with Crippen molar-refractivity contribution in [2.45, 2.75) is 13.3 Å². The Morgan fingerprint density at radius 1 is 1.82 bits per heavy atom. The minimum absolute atomic E-state index is 0.0642. The summed E-state index contributed by atoms with van der Waals surface area (Å²) in [4.78, 5) is 20.9. The van der Waals surface area contributed by atoms with E-state index >= 15 is 0 Å². The van der Waals surface area contributed by atoms with Crippen molar-refractivity contribution in [1.29, 1.82) is 0 Å². The number of carbonyl (C=O) groups excluding carboxylic acids is 2. The summed E-state index contributed by atoms with van der Waals surface area (Å²) in [7, 11) is 0. The number of hydrogen-bond acceptors (Lipinski definition) is 3. The van der Waals surface area contributed by atoms with Crippen molar-refractivity contribution in [2.75, 3.05) is 13.2 Å². The fourth-order valence-corrected chi connectivity index (χ4v) is 0.908. The predicted octanol–water partition coefficient (Wildman–Crippen LogP) is -0.314. The van der Waals surface area contributed by atoms with Crippen molar-refractivity contribution in [3.05, 3.63) is 0 Å². The fourth-order valence-electron chi connectivity index (χ4n) is 0.908. The molecular weight excluding hydrogens is 146 g/mol. The van der Waals surface area contributed by atoms with Crippen LogP contribution >= 0.6 is 0 Å². The smallest absolute Gasteiger partial charge is 0.302 e. The molecule has 0 spiro atoms. The molecule has 1 atom stereocenters. The van der Waals surface area contributed by atoms with Crippen LogP contribution in [0.4, 0.5) is 0 Å². The summed E-state index contributed by atoms with van der Waals surface area (Å²) < 4.78 is 4.68. The molecule has 0 saturated carbocycles. The quantitative estimate of drug-likeness (QED) is 0.451. The number of nitrogens with one attached hydrogen (secondary N) is 1. The summed E-state index contributed by atoms with van der Waals surface area (Å²) >= 11 is 0. The molecule has 1 aliphatic rings. The van der Waals surface area contributed by atoms with Gasteiger partial charge in [0.25, 0.3) is 0 Å². The first-order chi connectivity index (χ1) is 5.20. The number of β-lactam (4-membered cyclic amide) rings is 1. The minimum atomic E-state index is -0.287. The molecule has 1 saturated heterocycles. The van der Waals surface area contributed by atoms with Crippen LogP contribution in [0.15, 0.2) is 0 Å². The average molecular weight is 157 g/mol. The predicted molar refractivity (Wildman–Crippen MR) is 37.7 cm³/mol. The molecule has 1 aliphatic heterocycles. The first-order valence-corrected chi connectivity index (χ1v) is 3.61. The highest BCUT2D eigenvalue weighted by molar-refractivity contribution is 5.84. The zero-order chi connectivity index (χ0) is 8.27. The third kappa shape index (κ3) is 2.22. The van der Waals surface area contributed by atoms with Gasteiger partial charge in [-0.25, -0.2) is 0 Å². The molecule has 0 aromatic rings. The van der Waals surface area contributed by atoms with Gasteiger partial charge in [0.05, 0.1) is 12.5 Å². The number of ether oxygens (including phenoxy) is 1. The Bertz CT molecular complexity index is 179. The van der Waals surface area contributed by atoms with Crippen LogP contribution in [0.1, 0.15) is 13.3 Å². The summed E-state index contributed by atoms with van der Waals surface area (Å²) in [5.74, 6) is -0.156. The Kier molecular flexibility index (Phi) is 2.46. The van der Waals surface area contributed by atoms with E-state index in [1.807, 2.05) is 0 Å². The summed E-state index contributed by atoms with van der Waals surface area (Å²) in [6, 6.07) is 0. The molecule has 1 amide bonds. The van der Waals surface area contributed by atoms with Gasteiger partial charge >= 0.3 is 5.97 Å². The highest BCUT2D eigenvalue weighted by Gasteiger charge is 2.26. The van der Waals surface area contributed by atoms with E-state index in [1.54, 1.807) is 0 Å². The van der Waals surface area contributed by atoms with E-state index in [4.69, 9.17) is 0 Å². The molecule has 0 aromatic carbocycles. The van der Waals surface area contributed by atoms with Crippen molar-refractivity contribution in [3.8, 4) is 0 Å². The third-order valence-electron chi connectivity index (χ3n) is 1.67. The molecule has 0 radical (unpaired) electrons. The molecule has 4 nitrogen and oxygen atoms in total. The normalized spacial score (nSPS) is 21.9. The molecule has 1 fully saturated rings. The molecule has 1 unspecified atom stereocenters. The molecular formula is C7H11NO3. The van der Waals surface area contributed by atoms with Crippen LogP contribution in [0.5, 0.6) is 0 Å². The van der Waals surface area contributed by atoms with Crippen molar-refractivity contribution in [3.63, 3.8) is 0 Å². The van der Waals surface area contributed by atoms with Gasteiger partial charge in [0, 0.05) is 13.5 Å². The number of amides is 1. The largest absolute Gasteiger partial charge is 0.466 e. The second-order valence-electron chi connectivity index (χ2n) is 2.57. The molecule has 11 heavy (non-hydrogen) atoms. The number of esters is 1. The summed E-state index contributed by atoms with van der Waals surface area (Å²) in [6.45, 7) is 2.44. The van der Waals surface area contributed by atoms with Crippen LogP contribution in [0.25, 0.3) is 0 Å². The first kappa shape index (κ1) is 8.04. The molecule has 0 aliphatic carbocycles. The van der Waals surface area contributed by atoms with E-state index in [0.29, 0.717) is 13.0 Å². The molecule has 4 heteroatoms. The molecule has 0 bridgehead atoms. The zero-order valence-corrected chi connectivity index (χ0v) is 6.42. The van der Waals surface area contributed by atoms with Crippen LogP contribution in [-0.2, 0) is 14.3 Å². The van der Waals surface area contributed by atoms with Crippen molar-refractivity contribution < 1.29 is 14.3 Å². The van der Waals surface area contributed by atoms with Crippen LogP contribution in [-0.4, -0.2) is 25.0 Å². The van der Waals surface area contributed by atoms with Gasteiger partial charge in [-0.15, -0.1) is 0 Å². The highest BCUT2D eigenvalue weighted by atomic mass is 16.5. The number of carbonyl (C=O) groups is 2. The summed E-state index contributed by atoms with van der Waals surface area (Å²) in [5.41, 5.74) is 0.